The first-order valence-electron chi connectivity index (χ1n) is 13.7. The molecule has 0 radical (unpaired) electrons. The molecule has 1 saturated carbocycles. The van der Waals surface area contributed by atoms with E-state index in [2.05, 4.69) is 34.4 Å². The second kappa shape index (κ2) is 12.5. The number of carbonyl (C=O) groups excluding carboxylic acids is 3. The molecule has 2 aliphatic rings. The van der Waals surface area contributed by atoms with Gasteiger partial charge in [0.2, 0.25) is 0 Å². The Morgan fingerprint density at radius 3 is 2.28 bits per heavy atom. The number of nitrogens with one attached hydrogen (secondary N) is 2. The summed E-state index contributed by atoms with van der Waals surface area (Å²) in [6.07, 6.45) is 2.97. The van der Waals surface area contributed by atoms with E-state index in [1.807, 2.05) is 18.2 Å². The van der Waals surface area contributed by atoms with E-state index >= 15 is 0 Å². The first kappa shape index (κ1) is 28.4. The average molecular weight is 536 g/mol. The number of carbonyl (C=O) groups is 3. The molecule has 1 unspecified atom stereocenters. The maximum Gasteiger partial charge on any atom is 0.319 e. The zero-order valence-electron chi connectivity index (χ0n) is 23.2. The Hall–Kier alpha value is -3.59. The molecule has 4 rings (SSSR count). The minimum atomic E-state index is -0.639. The first-order valence-corrected chi connectivity index (χ1v) is 13.7. The summed E-state index contributed by atoms with van der Waals surface area (Å²) < 4.78 is 14.7. The summed E-state index contributed by atoms with van der Waals surface area (Å²) in [6, 6.07) is 11.6. The number of benzene rings is 2. The highest BCUT2D eigenvalue weighted by molar-refractivity contribution is 6.02. The van der Waals surface area contributed by atoms with E-state index in [4.69, 9.17) is 0 Å². The van der Waals surface area contributed by atoms with Gasteiger partial charge in [-0.25, -0.2) is 14.2 Å². The average Bonchev–Trinajstić information content (AvgIpc) is 2.87. The number of aliphatic imine (C=N–C) groups is 1. The summed E-state index contributed by atoms with van der Waals surface area (Å²) in [4.78, 5) is 45.9. The van der Waals surface area contributed by atoms with Crippen LogP contribution >= 0.6 is 0 Å². The van der Waals surface area contributed by atoms with Crippen molar-refractivity contribution in [1.29, 1.82) is 0 Å². The van der Waals surface area contributed by atoms with E-state index in [0.29, 0.717) is 37.5 Å². The van der Waals surface area contributed by atoms with Crippen LogP contribution in [0.15, 0.2) is 47.5 Å². The maximum atomic E-state index is 14.7. The highest BCUT2D eigenvalue weighted by Crippen LogP contribution is 2.30. The lowest BCUT2D eigenvalue weighted by Crippen LogP contribution is -2.50. The van der Waals surface area contributed by atoms with Gasteiger partial charge in [0.05, 0.1) is 5.69 Å². The van der Waals surface area contributed by atoms with Crippen LogP contribution in [-0.4, -0.2) is 65.6 Å². The van der Waals surface area contributed by atoms with Crippen molar-refractivity contribution in [1.82, 2.24) is 15.1 Å². The highest BCUT2D eigenvalue weighted by atomic mass is 19.1. The number of anilines is 1. The quantitative estimate of drug-likeness (QED) is 0.472. The molecular formula is C30H38FN5O3. The molecule has 1 atom stereocenters. The molecule has 0 bridgehead atoms. The number of rotatable bonds is 7. The lowest BCUT2D eigenvalue weighted by molar-refractivity contribution is 0.0510. The maximum absolute atomic E-state index is 14.7. The van der Waals surface area contributed by atoms with Crippen LogP contribution in [0.1, 0.15) is 79.3 Å². The highest BCUT2D eigenvalue weighted by Gasteiger charge is 2.30. The van der Waals surface area contributed by atoms with Crippen LogP contribution in [0, 0.1) is 11.7 Å². The summed E-state index contributed by atoms with van der Waals surface area (Å²) >= 11 is 0. The second-order valence-corrected chi connectivity index (χ2v) is 10.9. The zero-order chi connectivity index (χ0) is 28.1. The van der Waals surface area contributed by atoms with E-state index in [0.717, 1.165) is 24.8 Å². The smallest absolute Gasteiger partial charge is 0.319 e. The van der Waals surface area contributed by atoms with Crippen molar-refractivity contribution in [2.24, 2.45) is 10.9 Å². The van der Waals surface area contributed by atoms with Crippen LogP contribution in [0.3, 0.4) is 0 Å². The Bertz CT molecular complexity index is 1240. The van der Waals surface area contributed by atoms with Crippen molar-refractivity contribution in [2.75, 3.05) is 31.5 Å². The number of nitrogens with zero attached hydrogens (tertiary/aromatic N) is 3. The predicted molar refractivity (Wildman–Crippen MR) is 151 cm³/mol. The number of hydrogen-bond donors (Lipinski definition) is 2. The van der Waals surface area contributed by atoms with Crippen LogP contribution in [0.5, 0.6) is 0 Å². The summed E-state index contributed by atoms with van der Waals surface area (Å²) in [5.74, 6) is -0.840. The van der Waals surface area contributed by atoms with E-state index in [-0.39, 0.29) is 41.1 Å². The lowest BCUT2D eigenvalue weighted by Gasteiger charge is -2.41. The third-order valence-corrected chi connectivity index (χ3v) is 7.33. The van der Waals surface area contributed by atoms with Crippen molar-refractivity contribution in [3.05, 3.63) is 65.0 Å². The van der Waals surface area contributed by atoms with Crippen molar-refractivity contribution in [2.45, 2.75) is 59.0 Å². The van der Waals surface area contributed by atoms with Gasteiger partial charge < -0.3 is 15.5 Å². The molecule has 1 heterocycles. The third-order valence-electron chi connectivity index (χ3n) is 7.33. The van der Waals surface area contributed by atoms with E-state index in [9.17, 15) is 18.8 Å². The van der Waals surface area contributed by atoms with Crippen molar-refractivity contribution in [3.63, 3.8) is 0 Å². The van der Waals surface area contributed by atoms with Crippen LogP contribution in [0.25, 0.3) is 0 Å². The van der Waals surface area contributed by atoms with Crippen LogP contribution in [-0.2, 0) is 0 Å². The number of piperazine rings is 1. The van der Waals surface area contributed by atoms with E-state index < -0.39 is 11.8 Å². The number of halogens is 1. The minimum Gasteiger partial charge on any atom is -0.336 e. The standard InChI is InChI=1S/C30H38FN5O3/c1-19(2)27(21-7-5-8-22(17-21)28(37)32-20(3)4)35-13-15-36(16-14-35)29(38)23-11-12-26(25(31)18-23)34-30(39)33-24-9-6-10-24/h5,7-8,11-12,17-19,24,27H,6,9-10,13-16H2,1-4H3,(H2,33,34,39). The molecule has 2 fully saturated rings. The molecule has 9 heteroatoms. The summed E-state index contributed by atoms with van der Waals surface area (Å²) in [5.41, 5.74) is 2.63. The van der Waals surface area contributed by atoms with E-state index in [1.54, 1.807) is 30.9 Å². The van der Waals surface area contributed by atoms with Gasteiger partial charge >= 0.3 is 6.03 Å². The van der Waals surface area contributed by atoms with Gasteiger partial charge in [0.15, 0.2) is 0 Å². The Balaban J connectivity index is 1.38. The molecule has 1 saturated heterocycles. The first-order chi connectivity index (χ1) is 18.6. The molecule has 8 nitrogen and oxygen atoms in total. The van der Waals surface area contributed by atoms with Gasteiger partial charge in [-0.2, -0.15) is 0 Å². The van der Waals surface area contributed by atoms with Crippen LogP contribution in [0.2, 0.25) is 0 Å². The molecule has 4 amide bonds. The molecule has 2 aromatic rings. The van der Waals surface area contributed by atoms with Gasteiger partial charge in [0.1, 0.15) is 5.82 Å². The van der Waals surface area contributed by atoms with Gasteiger partial charge in [-0.15, -0.1) is 0 Å². The van der Waals surface area contributed by atoms with Gasteiger partial charge in [0.25, 0.3) is 11.8 Å². The molecule has 1 aliphatic carbocycles. The number of urea groups is 1. The number of hydrogen-bond acceptors (Lipinski definition) is 4. The summed E-state index contributed by atoms with van der Waals surface area (Å²) in [7, 11) is 0. The Labute approximate surface area is 229 Å². The molecule has 2 aromatic carbocycles. The van der Waals surface area contributed by atoms with Gasteiger partial charge in [0, 0.05) is 55.1 Å². The van der Waals surface area contributed by atoms with Crippen molar-refractivity contribution in [3.8, 4) is 0 Å². The summed E-state index contributed by atoms with van der Waals surface area (Å²) in [6.45, 7) is 10.2. The number of amides is 4. The van der Waals surface area contributed by atoms with E-state index in [1.165, 1.54) is 12.1 Å². The van der Waals surface area contributed by atoms with Gasteiger partial charge in [-0.3, -0.25) is 14.5 Å². The molecule has 1 aliphatic heterocycles. The van der Waals surface area contributed by atoms with Crippen LogP contribution < -0.4 is 10.6 Å². The Kier molecular flexibility index (Phi) is 9.12. The van der Waals surface area contributed by atoms with Gasteiger partial charge in [-0.05, 0) is 74.9 Å². The van der Waals surface area contributed by atoms with Gasteiger partial charge in [-0.1, -0.05) is 26.0 Å². The van der Waals surface area contributed by atoms with Crippen molar-refractivity contribution < 1.29 is 18.8 Å². The normalized spacial score (nSPS) is 16.8. The minimum absolute atomic E-state index is 0.0495. The topological polar surface area (TPSA) is 94.1 Å². The fraction of sp³-hybridized carbons (Fsp3) is 0.467. The second-order valence-electron chi connectivity index (χ2n) is 10.9. The molecular weight excluding hydrogens is 497 g/mol. The monoisotopic (exact) mass is 535 g/mol. The summed E-state index contributed by atoms with van der Waals surface area (Å²) in [5, 5.41) is 5.35. The molecule has 208 valence electrons. The molecule has 0 spiro atoms. The predicted octanol–water partition coefficient (Wildman–Crippen LogP) is 5.28. The Morgan fingerprint density at radius 1 is 0.974 bits per heavy atom. The molecule has 39 heavy (non-hydrogen) atoms. The lowest BCUT2D eigenvalue weighted by atomic mass is 9.92. The molecule has 0 aromatic heterocycles. The largest absolute Gasteiger partial charge is 0.336 e. The Morgan fingerprint density at radius 2 is 1.69 bits per heavy atom. The van der Waals surface area contributed by atoms with Crippen molar-refractivity contribution >= 4 is 29.2 Å². The fourth-order valence-corrected chi connectivity index (χ4v) is 5.17. The SMILES string of the molecule is CC(C)=NC(=O)c1cccc(C(C(C)C)N2CCN(C(=O)c3ccc(NC(=O)NC4CCC4)c(F)c3)CC2)c1. The third kappa shape index (κ3) is 7.09. The van der Waals surface area contributed by atoms with Crippen LogP contribution in [0.4, 0.5) is 14.9 Å². The fourth-order valence-electron chi connectivity index (χ4n) is 5.17. The molecule has 2 N–H and O–H groups in total. The zero-order valence-corrected chi connectivity index (χ0v) is 23.2.